The molecular weight excluding hydrogens is 480 g/mol. The van der Waals surface area contributed by atoms with Crippen LogP contribution in [0, 0.1) is 0 Å². The summed E-state index contributed by atoms with van der Waals surface area (Å²) in [5, 5.41) is 6.12. The fourth-order valence-corrected chi connectivity index (χ4v) is 4.63. The molecule has 1 aliphatic heterocycles. The zero-order valence-corrected chi connectivity index (χ0v) is 20.4. The van der Waals surface area contributed by atoms with Crippen molar-refractivity contribution in [1.29, 1.82) is 0 Å². The summed E-state index contributed by atoms with van der Waals surface area (Å²) in [5.41, 5.74) is 2.58. The molecule has 0 radical (unpaired) electrons. The van der Waals surface area contributed by atoms with Crippen LogP contribution < -0.4 is 14.8 Å². The standard InChI is InChI=1S/C28H21ClN2O3S/c1-33-22-13-11-21(12-14-22)30-28-31-27(32)26(35-28)16-24-23-5-3-2-4-19(23)8-15-25(24)34-17-18-6-9-20(29)10-7-18/h2-16H,17H2,1H3,(H,30,31,32)/b26-16+. The van der Waals surface area contributed by atoms with Crippen molar-refractivity contribution in [3.8, 4) is 11.5 Å². The van der Waals surface area contributed by atoms with Gasteiger partial charge in [-0.3, -0.25) is 4.79 Å². The molecule has 0 aromatic heterocycles. The molecule has 0 bridgehead atoms. The number of nitrogens with one attached hydrogen (secondary N) is 1. The van der Waals surface area contributed by atoms with E-state index in [4.69, 9.17) is 21.1 Å². The van der Waals surface area contributed by atoms with E-state index in [1.54, 1.807) is 7.11 Å². The van der Waals surface area contributed by atoms with Crippen molar-refractivity contribution in [1.82, 2.24) is 5.32 Å². The second-order valence-electron chi connectivity index (χ2n) is 7.79. The maximum absolute atomic E-state index is 12.8. The Morgan fingerprint density at radius 1 is 0.971 bits per heavy atom. The lowest BCUT2D eigenvalue weighted by molar-refractivity contribution is -0.115. The number of thioether (sulfide) groups is 1. The number of nitrogens with zero attached hydrogens (tertiary/aromatic N) is 1. The Kier molecular flexibility index (Phi) is 6.75. The molecule has 35 heavy (non-hydrogen) atoms. The average Bonchev–Trinajstić information content (AvgIpc) is 3.23. The molecule has 1 fully saturated rings. The molecule has 0 spiro atoms. The van der Waals surface area contributed by atoms with E-state index in [2.05, 4.69) is 10.3 Å². The van der Waals surface area contributed by atoms with Crippen molar-refractivity contribution >= 4 is 57.0 Å². The van der Waals surface area contributed by atoms with Crippen molar-refractivity contribution in [2.45, 2.75) is 6.61 Å². The molecule has 0 unspecified atom stereocenters. The van der Waals surface area contributed by atoms with Gasteiger partial charge >= 0.3 is 0 Å². The number of halogens is 1. The summed E-state index contributed by atoms with van der Waals surface area (Å²) >= 11 is 7.30. The zero-order valence-electron chi connectivity index (χ0n) is 18.8. The molecule has 1 saturated heterocycles. The van der Waals surface area contributed by atoms with Gasteiger partial charge in [-0.05, 0) is 76.6 Å². The molecule has 0 saturated carbocycles. The van der Waals surface area contributed by atoms with E-state index in [-0.39, 0.29) is 5.91 Å². The minimum absolute atomic E-state index is 0.196. The Morgan fingerprint density at radius 2 is 1.74 bits per heavy atom. The summed E-state index contributed by atoms with van der Waals surface area (Å²) < 4.78 is 11.4. The number of aliphatic imine (C=N–C) groups is 1. The number of carbonyl (C=O) groups is 1. The van der Waals surface area contributed by atoms with Gasteiger partial charge in [-0.25, -0.2) is 4.99 Å². The first-order valence-electron chi connectivity index (χ1n) is 10.9. The Labute approximate surface area is 212 Å². The first-order valence-corrected chi connectivity index (χ1v) is 12.1. The number of hydrogen-bond donors (Lipinski definition) is 1. The van der Waals surface area contributed by atoms with Crippen LogP contribution in [0.5, 0.6) is 11.5 Å². The molecule has 0 aliphatic carbocycles. The van der Waals surface area contributed by atoms with Crippen LogP contribution >= 0.6 is 23.4 Å². The van der Waals surface area contributed by atoms with E-state index < -0.39 is 0 Å². The first kappa shape index (κ1) is 23.0. The Hall–Kier alpha value is -3.74. The van der Waals surface area contributed by atoms with Crippen LogP contribution in [-0.2, 0) is 11.4 Å². The lowest BCUT2D eigenvalue weighted by atomic mass is 10.0. The number of amides is 1. The lowest BCUT2D eigenvalue weighted by Crippen LogP contribution is -2.19. The number of ether oxygens (including phenoxy) is 2. The van der Waals surface area contributed by atoms with E-state index in [1.807, 2.05) is 91.0 Å². The van der Waals surface area contributed by atoms with Gasteiger partial charge in [-0.1, -0.05) is 54.1 Å². The van der Waals surface area contributed by atoms with Crippen LogP contribution in [0.4, 0.5) is 5.69 Å². The third-order valence-corrected chi connectivity index (χ3v) is 6.63. The van der Waals surface area contributed by atoms with Gasteiger partial charge in [0.15, 0.2) is 5.17 Å². The maximum Gasteiger partial charge on any atom is 0.264 e. The van der Waals surface area contributed by atoms with Gasteiger partial charge < -0.3 is 14.8 Å². The van der Waals surface area contributed by atoms with Crippen molar-refractivity contribution in [3.63, 3.8) is 0 Å². The largest absolute Gasteiger partial charge is 0.497 e. The number of benzene rings is 4. The van der Waals surface area contributed by atoms with Crippen molar-refractivity contribution < 1.29 is 14.3 Å². The normalized spacial score (nSPS) is 15.5. The average molecular weight is 501 g/mol. The van der Waals surface area contributed by atoms with E-state index in [0.717, 1.165) is 33.3 Å². The summed E-state index contributed by atoms with van der Waals surface area (Å²) in [7, 11) is 1.62. The molecular formula is C28H21ClN2O3S. The van der Waals surface area contributed by atoms with Crippen LogP contribution in [0.1, 0.15) is 11.1 Å². The molecule has 5 nitrogen and oxygen atoms in total. The quantitative estimate of drug-likeness (QED) is 0.290. The molecule has 7 heteroatoms. The molecule has 4 aromatic carbocycles. The van der Waals surface area contributed by atoms with E-state index in [0.29, 0.717) is 27.5 Å². The van der Waals surface area contributed by atoms with Crippen LogP contribution in [0.2, 0.25) is 5.02 Å². The third-order valence-electron chi connectivity index (χ3n) is 5.47. The van der Waals surface area contributed by atoms with Crippen LogP contribution in [0.25, 0.3) is 16.8 Å². The van der Waals surface area contributed by atoms with Crippen molar-refractivity contribution in [2.75, 3.05) is 7.11 Å². The van der Waals surface area contributed by atoms with E-state index in [9.17, 15) is 4.79 Å². The molecule has 5 rings (SSSR count). The second kappa shape index (κ2) is 10.3. The van der Waals surface area contributed by atoms with Crippen molar-refractivity contribution in [3.05, 3.63) is 106 Å². The number of carbonyl (C=O) groups excluding carboxylic acids is 1. The number of hydrogen-bond acceptors (Lipinski definition) is 5. The fourth-order valence-electron chi connectivity index (χ4n) is 3.68. The summed E-state index contributed by atoms with van der Waals surface area (Å²) in [6.07, 6.45) is 1.87. The molecule has 4 aromatic rings. The highest BCUT2D eigenvalue weighted by molar-refractivity contribution is 8.18. The third kappa shape index (κ3) is 5.34. The highest BCUT2D eigenvalue weighted by atomic mass is 35.5. The minimum Gasteiger partial charge on any atom is -0.497 e. The zero-order chi connectivity index (χ0) is 24.2. The molecule has 0 atom stereocenters. The van der Waals surface area contributed by atoms with Gasteiger partial charge in [0, 0.05) is 10.6 Å². The number of fused-ring (bicyclic) bond motifs is 1. The van der Waals surface area contributed by atoms with Gasteiger partial charge in [0.05, 0.1) is 17.7 Å². The minimum atomic E-state index is -0.196. The SMILES string of the molecule is COc1ccc(N=C2NC(=O)/C(=C\c3c(OCc4ccc(Cl)cc4)ccc4ccccc34)S2)cc1. The van der Waals surface area contributed by atoms with Crippen molar-refractivity contribution in [2.24, 2.45) is 4.99 Å². The second-order valence-corrected chi connectivity index (χ2v) is 9.26. The smallest absolute Gasteiger partial charge is 0.264 e. The Morgan fingerprint density at radius 3 is 2.51 bits per heavy atom. The lowest BCUT2D eigenvalue weighted by Gasteiger charge is -2.13. The Bertz CT molecular complexity index is 1450. The van der Waals surface area contributed by atoms with Gasteiger partial charge in [-0.15, -0.1) is 0 Å². The fraction of sp³-hybridized carbons (Fsp3) is 0.0714. The van der Waals surface area contributed by atoms with Crippen LogP contribution in [0.15, 0.2) is 94.8 Å². The number of methoxy groups -OCH3 is 1. The van der Waals surface area contributed by atoms with Gasteiger partial charge in [0.25, 0.3) is 5.91 Å². The Balaban J connectivity index is 1.46. The van der Waals surface area contributed by atoms with E-state index in [1.165, 1.54) is 11.8 Å². The number of amidine groups is 1. The molecule has 1 N–H and O–H groups in total. The van der Waals surface area contributed by atoms with Gasteiger partial charge in [-0.2, -0.15) is 0 Å². The van der Waals surface area contributed by atoms with E-state index >= 15 is 0 Å². The van der Waals surface area contributed by atoms with Crippen LogP contribution in [0.3, 0.4) is 0 Å². The number of rotatable bonds is 6. The predicted molar refractivity (Wildman–Crippen MR) is 144 cm³/mol. The summed E-state index contributed by atoms with van der Waals surface area (Å²) in [6, 6.07) is 26.9. The molecule has 1 heterocycles. The highest BCUT2D eigenvalue weighted by Gasteiger charge is 2.25. The predicted octanol–water partition coefficient (Wildman–Crippen LogP) is 6.97. The summed E-state index contributed by atoms with van der Waals surface area (Å²) in [4.78, 5) is 17.9. The summed E-state index contributed by atoms with van der Waals surface area (Å²) in [6.45, 7) is 0.384. The molecule has 1 amide bonds. The summed E-state index contributed by atoms with van der Waals surface area (Å²) in [5.74, 6) is 1.25. The molecule has 174 valence electrons. The highest BCUT2D eigenvalue weighted by Crippen LogP contribution is 2.35. The maximum atomic E-state index is 12.8. The van der Waals surface area contributed by atoms with Gasteiger partial charge in [0.1, 0.15) is 18.1 Å². The first-order chi connectivity index (χ1) is 17.1. The molecule has 1 aliphatic rings. The van der Waals surface area contributed by atoms with Crippen LogP contribution in [-0.4, -0.2) is 18.2 Å². The topological polar surface area (TPSA) is 59.9 Å². The monoisotopic (exact) mass is 500 g/mol. The van der Waals surface area contributed by atoms with Gasteiger partial charge in [0.2, 0.25) is 0 Å².